The highest BCUT2D eigenvalue weighted by molar-refractivity contribution is 5.97. The van der Waals surface area contributed by atoms with Gasteiger partial charge >= 0.3 is 0 Å². The minimum Gasteiger partial charge on any atom is -0.396 e. The minimum absolute atomic E-state index is 0.121. The number of hydrogen-bond donors (Lipinski definition) is 2. The van der Waals surface area contributed by atoms with Crippen LogP contribution in [0, 0.1) is 0 Å². The van der Waals surface area contributed by atoms with E-state index < -0.39 is 0 Å². The Hall–Kier alpha value is -1.56. The maximum absolute atomic E-state index is 12.3. The first-order valence-electron chi connectivity index (χ1n) is 6.69. The zero-order chi connectivity index (χ0) is 14.0. The van der Waals surface area contributed by atoms with Gasteiger partial charge in [0.2, 0.25) is 0 Å². The zero-order valence-electron chi connectivity index (χ0n) is 11.8. The molecule has 3 N–H and O–H groups in total. The number of nitrogens with two attached hydrogens (primary N) is 1. The molecule has 0 aliphatic carbocycles. The molecule has 1 aliphatic heterocycles. The number of hydrogen-bond acceptors (Lipinski definition) is 4. The predicted octanol–water partition coefficient (Wildman–Crippen LogP) is 1.17. The summed E-state index contributed by atoms with van der Waals surface area (Å²) in [6.07, 6.45) is 3.15. The van der Waals surface area contributed by atoms with E-state index in [1.165, 1.54) is 6.20 Å². The summed E-state index contributed by atoms with van der Waals surface area (Å²) < 4.78 is 7.26. The topological polar surface area (TPSA) is 82.2 Å². The van der Waals surface area contributed by atoms with E-state index in [4.69, 9.17) is 10.5 Å². The lowest BCUT2D eigenvalue weighted by Gasteiger charge is -2.35. The summed E-state index contributed by atoms with van der Waals surface area (Å²) >= 11 is 0. The summed E-state index contributed by atoms with van der Waals surface area (Å²) in [5, 5.41) is 7.12. The van der Waals surface area contributed by atoms with Crippen LogP contribution in [0.3, 0.4) is 0 Å². The molecule has 106 valence electrons. The molecule has 1 aromatic heterocycles. The van der Waals surface area contributed by atoms with E-state index in [-0.39, 0.29) is 17.6 Å². The van der Waals surface area contributed by atoms with Gasteiger partial charge in [-0.05, 0) is 33.6 Å². The first-order chi connectivity index (χ1) is 8.93. The Morgan fingerprint density at radius 1 is 1.68 bits per heavy atom. The predicted molar refractivity (Wildman–Crippen MR) is 72.8 cm³/mol. The summed E-state index contributed by atoms with van der Waals surface area (Å²) in [7, 11) is 0. The molecule has 1 aliphatic rings. The van der Waals surface area contributed by atoms with Gasteiger partial charge in [-0.3, -0.25) is 9.48 Å². The molecule has 1 amide bonds. The fourth-order valence-corrected chi connectivity index (χ4v) is 2.50. The molecule has 1 saturated heterocycles. The van der Waals surface area contributed by atoms with Gasteiger partial charge < -0.3 is 15.8 Å². The van der Waals surface area contributed by atoms with Gasteiger partial charge in [0.05, 0.1) is 17.5 Å². The molecule has 2 rings (SSSR count). The van der Waals surface area contributed by atoms with E-state index in [1.807, 2.05) is 20.8 Å². The van der Waals surface area contributed by atoms with E-state index >= 15 is 0 Å². The molecule has 0 radical (unpaired) electrons. The van der Waals surface area contributed by atoms with Gasteiger partial charge in [-0.25, -0.2) is 0 Å². The first-order valence-corrected chi connectivity index (χ1v) is 6.69. The molecule has 0 aromatic carbocycles. The molecule has 0 spiro atoms. The van der Waals surface area contributed by atoms with E-state index in [2.05, 4.69) is 10.4 Å². The SMILES string of the molecule is CCn1ncc(N)c1C(=O)NC1CCOC(C)(C)C1. The summed E-state index contributed by atoms with van der Waals surface area (Å²) in [6.45, 7) is 7.30. The van der Waals surface area contributed by atoms with Crippen LogP contribution in [0.5, 0.6) is 0 Å². The maximum atomic E-state index is 12.3. The van der Waals surface area contributed by atoms with Crippen molar-refractivity contribution in [2.75, 3.05) is 12.3 Å². The third-order valence-electron chi connectivity index (χ3n) is 3.41. The highest BCUT2D eigenvalue weighted by Gasteiger charge is 2.30. The van der Waals surface area contributed by atoms with Gasteiger partial charge in [0.15, 0.2) is 0 Å². The number of carbonyl (C=O) groups is 1. The number of nitrogens with one attached hydrogen (secondary N) is 1. The van der Waals surface area contributed by atoms with Crippen LogP contribution < -0.4 is 11.1 Å². The van der Waals surface area contributed by atoms with Gasteiger partial charge in [0.1, 0.15) is 5.69 Å². The molecule has 0 bridgehead atoms. The van der Waals surface area contributed by atoms with Crippen molar-refractivity contribution in [3.05, 3.63) is 11.9 Å². The highest BCUT2D eigenvalue weighted by Crippen LogP contribution is 2.24. The van der Waals surface area contributed by atoms with Crippen LogP contribution in [0.15, 0.2) is 6.20 Å². The van der Waals surface area contributed by atoms with Crippen molar-refractivity contribution >= 4 is 11.6 Å². The van der Waals surface area contributed by atoms with Gasteiger partial charge in [-0.1, -0.05) is 0 Å². The number of amides is 1. The highest BCUT2D eigenvalue weighted by atomic mass is 16.5. The quantitative estimate of drug-likeness (QED) is 0.860. The fourth-order valence-electron chi connectivity index (χ4n) is 2.50. The summed E-state index contributed by atoms with van der Waals surface area (Å²) in [4.78, 5) is 12.3. The molecular formula is C13H22N4O2. The lowest BCUT2D eigenvalue weighted by Crippen LogP contribution is -2.46. The molecule has 1 fully saturated rings. The smallest absolute Gasteiger partial charge is 0.271 e. The number of aromatic nitrogens is 2. The Labute approximate surface area is 113 Å². The average Bonchev–Trinajstić information content (AvgIpc) is 2.69. The van der Waals surface area contributed by atoms with Crippen molar-refractivity contribution < 1.29 is 9.53 Å². The standard InChI is InChI=1S/C13H22N4O2/c1-4-17-11(10(14)8-15-17)12(18)16-9-5-6-19-13(2,3)7-9/h8-9H,4-7,14H2,1-3H3,(H,16,18). The van der Waals surface area contributed by atoms with Crippen molar-refractivity contribution in [1.29, 1.82) is 0 Å². The van der Waals surface area contributed by atoms with Crippen LogP contribution in [0.1, 0.15) is 44.1 Å². The maximum Gasteiger partial charge on any atom is 0.271 e. The largest absolute Gasteiger partial charge is 0.396 e. The number of nitrogens with zero attached hydrogens (tertiary/aromatic N) is 2. The van der Waals surface area contributed by atoms with Gasteiger partial charge in [-0.15, -0.1) is 0 Å². The number of anilines is 1. The van der Waals surface area contributed by atoms with Crippen molar-refractivity contribution in [3.8, 4) is 0 Å². The van der Waals surface area contributed by atoms with Crippen molar-refractivity contribution in [3.63, 3.8) is 0 Å². The van der Waals surface area contributed by atoms with Crippen molar-refractivity contribution in [1.82, 2.24) is 15.1 Å². The van der Waals surface area contributed by atoms with Crippen molar-refractivity contribution in [2.24, 2.45) is 0 Å². The molecule has 0 saturated carbocycles. The number of rotatable bonds is 3. The Bertz CT molecular complexity index is 467. The zero-order valence-corrected chi connectivity index (χ0v) is 11.8. The molecule has 1 unspecified atom stereocenters. The van der Waals surface area contributed by atoms with E-state index in [1.54, 1.807) is 4.68 Å². The molecular weight excluding hydrogens is 244 g/mol. The molecule has 1 aromatic rings. The average molecular weight is 266 g/mol. The lowest BCUT2D eigenvalue weighted by molar-refractivity contribution is -0.0615. The second-order valence-electron chi connectivity index (χ2n) is 5.54. The molecule has 6 heteroatoms. The van der Waals surface area contributed by atoms with Crippen LogP contribution in [0.4, 0.5) is 5.69 Å². The summed E-state index contributed by atoms with van der Waals surface area (Å²) in [6, 6.07) is 0.121. The second kappa shape index (κ2) is 5.21. The Balaban J connectivity index is 2.06. The second-order valence-corrected chi connectivity index (χ2v) is 5.54. The summed E-state index contributed by atoms with van der Waals surface area (Å²) in [5.41, 5.74) is 6.49. The van der Waals surface area contributed by atoms with Gasteiger partial charge in [-0.2, -0.15) is 5.10 Å². The fraction of sp³-hybridized carbons (Fsp3) is 0.692. The molecule has 2 heterocycles. The van der Waals surface area contributed by atoms with Crippen LogP contribution in [0.2, 0.25) is 0 Å². The van der Waals surface area contributed by atoms with Gasteiger partial charge in [0.25, 0.3) is 5.91 Å². The minimum atomic E-state index is -0.188. The van der Waals surface area contributed by atoms with Gasteiger partial charge in [0, 0.05) is 19.2 Å². The third-order valence-corrected chi connectivity index (χ3v) is 3.41. The normalized spacial score (nSPS) is 22.2. The lowest BCUT2D eigenvalue weighted by atomic mass is 9.94. The molecule has 6 nitrogen and oxygen atoms in total. The number of nitrogen functional groups attached to an aromatic ring is 1. The molecule has 1 atom stereocenters. The van der Waals surface area contributed by atoms with Crippen molar-refractivity contribution in [2.45, 2.75) is 51.8 Å². The third kappa shape index (κ3) is 3.07. The van der Waals surface area contributed by atoms with Crippen LogP contribution >= 0.6 is 0 Å². The Kier molecular flexibility index (Phi) is 3.80. The summed E-state index contributed by atoms with van der Waals surface area (Å²) in [5.74, 6) is -0.153. The van der Waals surface area contributed by atoms with Crippen LogP contribution in [-0.4, -0.2) is 33.9 Å². The van der Waals surface area contributed by atoms with Crippen LogP contribution in [-0.2, 0) is 11.3 Å². The number of aryl methyl sites for hydroxylation is 1. The van der Waals surface area contributed by atoms with E-state index in [0.29, 0.717) is 24.5 Å². The van der Waals surface area contributed by atoms with Crippen LogP contribution in [0.25, 0.3) is 0 Å². The molecule has 19 heavy (non-hydrogen) atoms. The number of carbonyl (C=O) groups excluding carboxylic acids is 1. The number of ether oxygens (including phenoxy) is 1. The Morgan fingerprint density at radius 2 is 2.42 bits per heavy atom. The van der Waals surface area contributed by atoms with E-state index in [0.717, 1.165) is 12.8 Å². The first kappa shape index (κ1) is 13.9. The monoisotopic (exact) mass is 266 g/mol. The Morgan fingerprint density at radius 3 is 3.05 bits per heavy atom. The van der Waals surface area contributed by atoms with E-state index in [9.17, 15) is 4.79 Å².